The Morgan fingerprint density at radius 3 is 2.40 bits per heavy atom. The Bertz CT molecular complexity index is 697. The zero-order valence-corrected chi connectivity index (χ0v) is 15.3. The van der Waals surface area contributed by atoms with Crippen molar-refractivity contribution in [2.24, 2.45) is 5.92 Å². The van der Waals surface area contributed by atoms with Gasteiger partial charge in [-0.15, -0.1) is 0 Å². The molecule has 1 aliphatic heterocycles. The number of ether oxygens (including phenoxy) is 1. The standard InChI is InChI=1S/C17H24N2O5S/c1-3-24-17(21)13(2)18-16(20)14-9-11-19(12-10-14)25(22,23)15-7-5-4-6-8-15/h4-8,13-14H,3,9-12H2,1-2H3,(H,18,20). The summed E-state index contributed by atoms with van der Waals surface area (Å²) in [6, 6.07) is 7.55. The average molecular weight is 368 g/mol. The zero-order valence-electron chi connectivity index (χ0n) is 14.5. The summed E-state index contributed by atoms with van der Waals surface area (Å²) in [7, 11) is -3.53. The van der Waals surface area contributed by atoms with Crippen molar-refractivity contribution in [3.05, 3.63) is 30.3 Å². The smallest absolute Gasteiger partial charge is 0.328 e. The molecule has 0 radical (unpaired) electrons. The molecule has 1 aliphatic rings. The predicted molar refractivity (Wildman–Crippen MR) is 92.2 cm³/mol. The molecule has 7 nitrogen and oxygen atoms in total. The fourth-order valence-electron chi connectivity index (χ4n) is 2.76. The Morgan fingerprint density at radius 1 is 1.24 bits per heavy atom. The molecule has 138 valence electrons. The van der Waals surface area contributed by atoms with E-state index in [0.717, 1.165) is 0 Å². The third-order valence-corrected chi connectivity index (χ3v) is 6.12. The Labute approximate surface area is 148 Å². The number of benzene rings is 1. The van der Waals surface area contributed by atoms with E-state index in [-0.39, 0.29) is 36.4 Å². The van der Waals surface area contributed by atoms with Crippen LogP contribution in [0.5, 0.6) is 0 Å². The predicted octanol–water partition coefficient (Wildman–Crippen LogP) is 1.16. The van der Waals surface area contributed by atoms with E-state index in [1.165, 1.54) is 4.31 Å². The van der Waals surface area contributed by atoms with Crippen LogP contribution in [0.2, 0.25) is 0 Å². The van der Waals surface area contributed by atoms with Gasteiger partial charge in [0.1, 0.15) is 6.04 Å². The normalized spacial score (nSPS) is 17.7. The first-order chi connectivity index (χ1) is 11.9. The monoisotopic (exact) mass is 368 g/mol. The third-order valence-electron chi connectivity index (χ3n) is 4.20. The van der Waals surface area contributed by atoms with Gasteiger partial charge in [-0.1, -0.05) is 18.2 Å². The van der Waals surface area contributed by atoms with Gasteiger partial charge in [-0.05, 0) is 38.8 Å². The highest BCUT2D eigenvalue weighted by molar-refractivity contribution is 7.89. The molecule has 0 spiro atoms. The first-order valence-corrected chi connectivity index (χ1v) is 9.82. The van der Waals surface area contributed by atoms with E-state index < -0.39 is 22.0 Å². The van der Waals surface area contributed by atoms with E-state index in [9.17, 15) is 18.0 Å². The molecule has 1 atom stereocenters. The molecule has 1 heterocycles. The van der Waals surface area contributed by atoms with Crippen LogP contribution >= 0.6 is 0 Å². The van der Waals surface area contributed by atoms with Crippen molar-refractivity contribution >= 4 is 21.9 Å². The third kappa shape index (κ3) is 4.79. The Morgan fingerprint density at radius 2 is 1.84 bits per heavy atom. The van der Waals surface area contributed by atoms with Gasteiger partial charge in [-0.25, -0.2) is 13.2 Å². The van der Waals surface area contributed by atoms with Crippen molar-refractivity contribution in [3.63, 3.8) is 0 Å². The number of carbonyl (C=O) groups excluding carboxylic acids is 2. The minimum Gasteiger partial charge on any atom is -0.464 e. The molecule has 1 aromatic carbocycles. The molecule has 0 saturated carbocycles. The van der Waals surface area contributed by atoms with Crippen molar-refractivity contribution in [1.82, 2.24) is 9.62 Å². The van der Waals surface area contributed by atoms with Crippen molar-refractivity contribution in [1.29, 1.82) is 0 Å². The number of carbonyl (C=O) groups is 2. The van der Waals surface area contributed by atoms with Crippen LogP contribution in [-0.4, -0.2) is 50.3 Å². The zero-order chi connectivity index (χ0) is 18.4. The lowest BCUT2D eigenvalue weighted by Gasteiger charge is -2.31. The number of sulfonamides is 1. The minimum absolute atomic E-state index is 0.239. The molecule has 1 unspecified atom stereocenters. The number of nitrogens with zero attached hydrogens (tertiary/aromatic N) is 1. The lowest BCUT2D eigenvalue weighted by atomic mass is 9.97. The van der Waals surface area contributed by atoms with E-state index >= 15 is 0 Å². The van der Waals surface area contributed by atoms with Crippen LogP contribution in [0.1, 0.15) is 26.7 Å². The van der Waals surface area contributed by atoms with Crippen LogP contribution in [0.15, 0.2) is 35.2 Å². The summed E-state index contributed by atoms with van der Waals surface area (Å²) in [6.45, 7) is 4.10. The summed E-state index contributed by atoms with van der Waals surface area (Å²) >= 11 is 0. The van der Waals surface area contributed by atoms with Crippen LogP contribution < -0.4 is 5.32 Å². The average Bonchev–Trinajstić information content (AvgIpc) is 2.62. The molecule has 0 aromatic heterocycles. The second-order valence-electron chi connectivity index (χ2n) is 5.97. The summed E-state index contributed by atoms with van der Waals surface area (Å²) in [4.78, 5) is 24.1. The molecule has 1 amide bonds. The van der Waals surface area contributed by atoms with Crippen molar-refractivity contribution < 1.29 is 22.7 Å². The second kappa shape index (κ2) is 8.44. The Balaban J connectivity index is 1.91. The molecule has 2 rings (SSSR count). The molecule has 1 fully saturated rings. The molecule has 0 aliphatic carbocycles. The lowest BCUT2D eigenvalue weighted by molar-refractivity contribution is -0.147. The quantitative estimate of drug-likeness (QED) is 0.761. The fourth-order valence-corrected chi connectivity index (χ4v) is 4.25. The van der Waals surface area contributed by atoms with E-state index in [4.69, 9.17) is 4.74 Å². The number of amides is 1. The molecule has 1 aromatic rings. The second-order valence-corrected chi connectivity index (χ2v) is 7.91. The SMILES string of the molecule is CCOC(=O)C(C)NC(=O)C1CCN(S(=O)(=O)c2ccccc2)CC1. The molecule has 1 N–H and O–H groups in total. The largest absolute Gasteiger partial charge is 0.464 e. The number of hydrogen-bond acceptors (Lipinski definition) is 5. The van der Waals surface area contributed by atoms with Gasteiger partial charge < -0.3 is 10.1 Å². The van der Waals surface area contributed by atoms with E-state index in [2.05, 4.69) is 5.32 Å². The van der Waals surface area contributed by atoms with Crippen molar-refractivity contribution in [3.8, 4) is 0 Å². The highest BCUT2D eigenvalue weighted by Crippen LogP contribution is 2.23. The van der Waals surface area contributed by atoms with Crippen LogP contribution in [0.25, 0.3) is 0 Å². The first-order valence-electron chi connectivity index (χ1n) is 8.38. The van der Waals surface area contributed by atoms with Gasteiger partial charge in [0.25, 0.3) is 0 Å². The van der Waals surface area contributed by atoms with Gasteiger partial charge in [0.05, 0.1) is 11.5 Å². The van der Waals surface area contributed by atoms with Crippen LogP contribution in [-0.2, 0) is 24.3 Å². The molecule has 25 heavy (non-hydrogen) atoms. The van der Waals surface area contributed by atoms with Gasteiger partial charge in [-0.2, -0.15) is 4.31 Å². The van der Waals surface area contributed by atoms with Gasteiger partial charge >= 0.3 is 5.97 Å². The first kappa shape index (κ1) is 19.4. The maximum absolute atomic E-state index is 12.6. The van der Waals surface area contributed by atoms with Crippen molar-refractivity contribution in [2.45, 2.75) is 37.6 Å². The Kier molecular flexibility index (Phi) is 6.55. The number of nitrogens with one attached hydrogen (secondary N) is 1. The summed E-state index contributed by atoms with van der Waals surface area (Å²) in [5, 5.41) is 2.64. The summed E-state index contributed by atoms with van der Waals surface area (Å²) in [5.41, 5.74) is 0. The lowest BCUT2D eigenvalue weighted by Crippen LogP contribution is -2.46. The highest BCUT2D eigenvalue weighted by Gasteiger charge is 2.32. The summed E-state index contributed by atoms with van der Waals surface area (Å²) in [5.74, 6) is -1.02. The molecule has 1 saturated heterocycles. The maximum atomic E-state index is 12.6. The fraction of sp³-hybridized carbons (Fsp3) is 0.529. The van der Waals surface area contributed by atoms with E-state index in [1.54, 1.807) is 44.2 Å². The molecule has 0 bridgehead atoms. The van der Waals surface area contributed by atoms with Crippen LogP contribution in [0.3, 0.4) is 0 Å². The maximum Gasteiger partial charge on any atom is 0.328 e. The summed E-state index contributed by atoms with van der Waals surface area (Å²) in [6.07, 6.45) is 0.848. The number of piperidine rings is 1. The Hall–Kier alpha value is -1.93. The number of rotatable bonds is 6. The number of esters is 1. The van der Waals surface area contributed by atoms with Gasteiger partial charge in [0, 0.05) is 19.0 Å². The van der Waals surface area contributed by atoms with Gasteiger partial charge in [0.2, 0.25) is 15.9 Å². The minimum atomic E-state index is -3.53. The van der Waals surface area contributed by atoms with Gasteiger partial charge in [0.15, 0.2) is 0 Å². The highest BCUT2D eigenvalue weighted by atomic mass is 32.2. The van der Waals surface area contributed by atoms with Crippen LogP contribution in [0, 0.1) is 5.92 Å². The summed E-state index contributed by atoms with van der Waals surface area (Å²) < 4.78 is 31.4. The van der Waals surface area contributed by atoms with Gasteiger partial charge in [-0.3, -0.25) is 4.79 Å². The van der Waals surface area contributed by atoms with E-state index in [0.29, 0.717) is 12.8 Å². The number of hydrogen-bond donors (Lipinski definition) is 1. The van der Waals surface area contributed by atoms with Crippen molar-refractivity contribution in [2.75, 3.05) is 19.7 Å². The van der Waals surface area contributed by atoms with Crippen LogP contribution in [0.4, 0.5) is 0 Å². The molecular formula is C17H24N2O5S. The molecular weight excluding hydrogens is 344 g/mol. The topological polar surface area (TPSA) is 92.8 Å². The molecule has 8 heteroatoms. The van der Waals surface area contributed by atoms with E-state index in [1.807, 2.05) is 0 Å².